The second-order valence-corrected chi connectivity index (χ2v) is 5.75. The molecule has 1 heterocycles. The lowest BCUT2D eigenvalue weighted by Crippen LogP contribution is -2.32. The minimum absolute atomic E-state index is 0.689. The van der Waals surface area contributed by atoms with Crippen LogP contribution in [0.5, 0.6) is 0 Å². The minimum atomic E-state index is 0.689. The van der Waals surface area contributed by atoms with Crippen LogP contribution < -0.4 is 5.32 Å². The summed E-state index contributed by atoms with van der Waals surface area (Å²) < 4.78 is 0. The number of nitrogens with one attached hydrogen (secondary N) is 1. The Labute approximate surface area is 115 Å². The van der Waals surface area contributed by atoms with Gasteiger partial charge in [-0.25, -0.2) is 0 Å². The van der Waals surface area contributed by atoms with Gasteiger partial charge in [0, 0.05) is 19.1 Å². The quantitative estimate of drug-likeness (QED) is 0.906. The van der Waals surface area contributed by atoms with Gasteiger partial charge in [-0.3, -0.25) is 4.90 Å². The molecule has 2 aromatic rings. The number of rotatable bonds is 3. The van der Waals surface area contributed by atoms with E-state index in [2.05, 4.69) is 60.6 Å². The molecule has 1 fully saturated rings. The van der Waals surface area contributed by atoms with E-state index in [0.717, 1.165) is 19.6 Å². The Morgan fingerprint density at radius 3 is 2.74 bits per heavy atom. The molecule has 100 valence electrons. The molecule has 1 saturated heterocycles. The minimum Gasteiger partial charge on any atom is -0.315 e. The molecule has 2 nitrogen and oxygen atoms in total. The molecule has 0 radical (unpaired) electrons. The van der Waals surface area contributed by atoms with Gasteiger partial charge in [0.2, 0.25) is 0 Å². The number of likely N-dealkylation sites (N-methyl/N-ethyl adjacent to an activating group) is 1. The largest absolute Gasteiger partial charge is 0.315 e. The summed E-state index contributed by atoms with van der Waals surface area (Å²) in [6.45, 7) is 5.47. The summed E-state index contributed by atoms with van der Waals surface area (Å²) in [5, 5.41) is 6.12. The van der Waals surface area contributed by atoms with Crippen LogP contribution >= 0.6 is 0 Å². The van der Waals surface area contributed by atoms with E-state index < -0.39 is 0 Å². The van der Waals surface area contributed by atoms with Gasteiger partial charge in [-0.05, 0) is 49.3 Å². The van der Waals surface area contributed by atoms with E-state index in [1.807, 2.05) is 0 Å². The topological polar surface area (TPSA) is 15.3 Å². The second kappa shape index (κ2) is 5.32. The predicted octanol–water partition coefficient (Wildman–Crippen LogP) is 2.94. The van der Waals surface area contributed by atoms with E-state index in [0.29, 0.717) is 6.04 Å². The monoisotopic (exact) mass is 254 g/mol. The molecule has 1 atom stereocenters. The number of aryl methyl sites for hydroxylation is 1. The smallest absolute Gasteiger partial charge is 0.0234 e. The van der Waals surface area contributed by atoms with Crippen LogP contribution in [0.4, 0.5) is 0 Å². The molecule has 2 aromatic carbocycles. The Bertz CT molecular complexity index is 570. The molecule has 0 saturated carbocycles. The van der Waals surface area contributed by atoms with Crippen LogP contribution in [0.3, 0.4) is 0 Å². The Balaban J connectivity index is 1.79. The normalized spacial score (nSPS) is 19.4. The molecule has 0 bridgehead atoms. The van der Waals surface area contributed by atoms with E-state index in [1.165, 1.54) is 28.3 Å². The fourth-order valence-corrected chi connectivity index (χ4v) is 2.95. The van der Waals surface area contributed by atoms with Gasteiger partial charge < -0.3 is 5.32 Å². The number of hydrogen-bond donors (Lipinski definition) is 1. The third-order valence-electron chi connectivity index (χ3n) is 4.15. The van der Waals surface area contributed by atoms with E-state index in [-0.39, 0.29) is 0 Å². The first-order valence-electron chi connectivity index (χ1n) is 7.12. The van der Waals surface area contributed by atoms with Gasteiger partial charge in [0.05, 0.1) is 0 Å². The highest BCUT2D eigenvalue weighted by molar-refractivity contribution is 5.83. The zero-order valence-corrected chi connectivity index (χ0v) is 11.8. The standard InChI is InChI=1S/C17H22N2/c1-13-3-5-16-10-14(4-6-15(16)9-13)12-19(2)17-7-8-18-11-17/h3-6,9-10,17-18H,7-8,11-12H2,1-2H3. The van der Waals surface area contributed by atoms with Gasteiger partial charge in [0.25, 0.3) is 0 Å². The maximum atomic E-state index is 3.43. The van der Waals surface area contributed by atoms with Gasteiger partial charge in [-0.15, -0.1) is 0 Å². The number of benzene rings is 2. The molecule has 2 heteroatoms. The molecule has 0 amide bonds. The van der Waals surface area contributed by atoms with E-state index in [4.69, 9.17) is 0 Å². The van der Waals surface area contributed by atoms with Crippen LogP contribution in [0.1, 0.15) is 17.5 Å². The van der Waals surface area contributed by atoms with E-state index in [1.54, 1.807) is 0 Å². The highest BCUT2D eigenvalue weighted by atomic mass is 15.2. The van der Waals surface area contributed by atoms with E-state index >= 15 is 0 Å². The first-order chi connectivity index (χ1) is 9.22. The summed E-state index contributed by atoms with van der Waals surface area (Å²) in [6, 6.07) is 14.2. The van der Waals surface area contributed by atoms with Crippen LogP contribution in [0.25, 0.3) is 10.8 Å². The lowest BCUT2D eigenvalue weighted by atomic mass is 10.0. The van der Waals surface area contributed by atoms with Gasteiger partial charge >= 0.3 is 0 Å². The summed E-state index contributed by atoms with van der Waals surface area (Å²) in [5.74, 6) is 0. The summed E-state index contributed by atoms with van der Waals surface area (Å²) in [6.07, 6.45) is 1.27. The lowest BCUT2D eigenvalue weighted by Gasteiger charge is -2.23. The van der Waals surface area contributed by atoms with Gasteiger partial charge in [-0.1, -0.05) is 35.9 Å². The number of fused-ring (bicyclic) bond motifs is 1. The molecule has 1 aliphatic heterocycles. The Kier molecular flexibility index (Phi) is 3.54. The highest BCUT2D eigenvalue weighted by Gasteiger charge is 2.18. The summed E-state index contributed by atoms with van der Waals surface area (Å²) in [5.41, 5.74) is 2.74. The molecule has 0 aromatic heterocycles. The molecule has 0 spiro atoms. The Morgan fingerprint density at radius 1 is 1.16 bits per heavy atom. The van der Waals surface area contributed by atoms with Crippen molar-refractivity contribution in [2.75, 3.05) is 20.1 Å². The molecule has 3 rings (SSSR count). The molecular formula is C17H22N2. The Hall–Kier alpha value is -1.38. The Morgan fingerprint density at radius 2 is 1.95 bits per heavy atom. The van der Waals surface area contributed by atoms with Crippen molar-refractivity contribution < 1.29 is 0 Å². The van der Waals surface area contributed by atoms with Gasteiger partial charge in [-0.2, -0.15) is 0 Å². The van der Waals surface area contributed by atoms with Gasteiger partial charge in [0.15, 0.2) is 0 Å². The van der Waals surface area contributed by atoms with Crippen molar-refractivity contribution in [2.45, 2.75) is 25.9 Å². The van der Waals surface area contributed by atoms with Crippen molar-refractivity contribution >= 4 is 10.8 Å². The zero-order valence-electron chi connectivity index (χ0n) is 11.8. The molecule has 0 aliphatic carbocycles. The van der Waals surface area contributed by atoms with Gasteiger partial charge in [0.1, 0.15) is 0 Å². The maximum absolute atomic E-state index is 3.43. The predicted molar refractivity (Wildman–Crippen MR) is 81.4 cm³/mol. The molecule has 1 N–H and O–H groups in total. The van der Waals surface area contributed by atoms with Crippen LogP contribution in [0, 0.1) is 6.92 Å². The lowest BCUT2D eigenvalue weighted by molar-refractivity contribution is 0.249. The third kappa shape index (κ3) is 2.80. The van der Waals surface area contributed by atoms with Crippen LogP contribution in [-0.4, -0.2) is 31.1 Å². The highest BCUT2D eigenvalue weighted by Crippen LogP contribution is 2.19. The van der Waals surface area contributed by atoms with Crippen molar-refractivity contribution in [1.29, 1.82) is 0 Å². The van der Waals surface area contributed by atoms with Crippen molar-refractivity contribution in [3.63, 3.8) is 0 Å². The fraction of sp³-hybridized carbons (Fsp3) is 0.412. The molecule has 1 aliphatic rings. The number of nitrogens with zero attached hydrogens (tertiary/aromatic N) is 1. The number of hydrogen-bond acceptors (Lipinski definition) is 2. The average molecular weight is 254 g/mol. The summed E-state index contributed by atoms with van der Waals surface area (Å²) in [4.78, 5) is 2.47. The first-order valence-corrected chi connectivity index (χ1v) is 7.12. The zero-order chi connectivity index (χ0) is 13.2. The van der Waals surface area contributed by atoms with Crippen LogP contribution in [-0.2, 0) is 6.54 Å². The molecule has 1 unspecified atom stereocenters. The van der Waals surface area contributed by atoms with Crippen molar-refractivity contribution in [3.05, 3.63) is 47.5 Å². The van der Waals surface area contributed by atoms with Crippen molar-refractivity contribution in [3.8, 4) is 0 Å². The van der Waals surface area contributed by atoms with E-state index in [9.17, 15) is 0 Å². The van der Waals surface area contributed by atoms with Crippen molar-refractivity contribution in [1.82, 2.24) is 10.2 Å². The fourth-order valence-electron chi connectivity index (χ4n) is 2.95. The third-order valence-corrected chi connectivity index (χ3v) is 4.15. The first kappa shape index (κ1) is 12.6. The van der Waals surface area contributed by atoms with Crippen LogP contribution in [0.2, 0.25) is 0 Å². The van der Waals surface area contributed by atoms with Crippen LogP contribution in [0.15, 0.2) is 36.4 Å². The summed E-state index contributed by atoms with van der Waals surface area (Å²) >= 11 is 0. The average Bonchev–Trinajstić information content (AvgIpc) is 2.93. The second-order valence-electron chi connectivity index (χ2n) is 5.75. The molecule has 19 heavy (non-hydrogen) atoms. The SMILES string of the molecule is Cc1ccc2cc(CN(C)C3CCNC3)ccc2c1. The van der Waals surface area contributed by atoms with Crippen molar-refractivity contribution in [2.24, 2.45) is 0 Å². The maximum Gasteiger partial charge on any atom is 0.0234 e. The summed E-state index contributed by atoms with van der Waals surface area (Å²) in [7, 11) is 2.23. The molecular weight excluding hydrogens is 232 g/mol.